The van der Waals surface area contributed by atoms with Gasteiger partial charge < -0.3 is 6.16 Å². The molecule has 0 spiro atoms. The number of fused-ring (bicyclic) bond motifs is 1. The monoisotopic (exact) mass is 189 g/mol. The molecule has 1 aromatic carbocycles. The number of ether oxygens (including phenoxy) is 1. The van der Waals surface area contributed by atoms with Gasteiger partial charge in [0.25, 0.3) is 5.19 Å². The van der Waals surface area contributed by atoms with Crippen LogP contribution in [0.5, 0.6) is 5.19 Å². The molecule has 0 N–H and O–H groups in total. The molecule has 1 aromatic heterocycles. The quantitative estimate of drug-likeness (QED) is 0.560. The van der Waals surface area contributed by atoms with Crippen LogP contribution in [0, 0.1) is 0 Å². The van der Waals surface area contributed by atoms with E-state index in [0.717, 1.165) is 10.7 Å². The number of rotatable bonds is 1. The van der Waals surface area contributed by atoms with Crippen molar-refractivity contribution in [2.24, 2.45) is 0 Å². The van der Waals surface area contributed by atoms with Gasteiger partial charge in [-0.25, -0.2) is 4.98 Å². The Balaban J connectivity index is 0.000000720. The molecule has 0 saturated heterocycles. The predicted molar refractivity (Wildman–Crippen MR) is 47.3 cm³/mol. The summed E-state index contributed by atoms with van der Waals surface area (Å²) >= 11 is 1.56. The topological polar surface area (TPSA) is 22.1 Å². The number of benzene rings is 1. The summed E-state index contributed by atoms with van der Waals surface area (Å²) in [6.07, 6.45) is 0. The molecule has 0 radical (unpaired) electrons. The van der Waals surface area contributed by atoms with E-state index in [1.54, 1.807) is 18.4 Å². The molecular weight excluding hydrogens is 181 g/mol. The van der Waals surface area contributed by atoms with Crippen molar-refractivity contribution in [2.75, 3.05) is 7.11 Å². The van der Waals surface area contributed by atoms with E-state index in [4.69, 9.17) is 4.74 Å². The van der Waals surface area contributed by atoms with Gasteiger partial charge in [0.1, 0.15) is 0 Å². The molecule has 0 aliphatic carbocycles. The number of hydrogen-bond donors (Lipinski definition) is 0. The van der Waals surface area contributed by atoms with Gasteiger partial charge in [0.2, 0.25) is 0 Å². The summed E-state index contributed by atoms with van der Waals surface area (Å²) in [5.41, 5.74) is 1.01. The number of para-hydroxylation sites is 1. The van der Waals surface area contributed by atoms with E-state index >= 15 is 0 Å². The molecule has 0 amide bonds. The van der Waals surface area contributed by atoms with Gasteiger partial charge in [0.15, 0.2) is 0 Å². The Kier molecular flexibility index (Phi) is 3.53. The predicted octanol–water partition coefficient (Wildman–Crippen LogP) is -0.579. The first-order valence-corrected chi connectivity index (χ1v) is 4.11. The molecule has 0 atom stereocenters. The number of nitrogens with zero attached hydrogens (tertiary/aromatic N) is 1. The summed E-state index contributed by atoms with van der Waals surface area (Å²) in [6, 6.07) is 7.99. The molecule has 58 valence electrons. The van der Waals surface area contributed by atoms with E-state index in [2.05, 4.69) is 4.98 Å². The van der Waals surface area contributed by atoms with Gasteiger partial charge in [-0.3, -0.25) is 0 Å². The molecule has 12 heavy (non-hydrogen) atoms. The third-order valence-electron chi connectivity index (χ3n) is 1.45. The summed E-state index contributed by atoms with van der Waals surface area (Å²) < 4.78 is 6.18. The van der Waals surface area contributed by atoms with E-state index < -0.39 is 0 Å². The Hall–Kier alpha value is -0.0900. The molecule has 0 fully saturated rings. The first-order chi connectivity index (χ1) is 5.40. The van der Waals surface area contributed by atoms with E-state index in [1.807, 2.05) is 24.3 Å². The second-order valence-electron chi connectivity index (χ2n) is 2.15. The summed E-state index contributed by atoms with van der Waals surface area (Å²) in [5.74, 6) is 0. The zero-order valence-corrected chi connectivity index (χ0v) is 9.89. The third kappa shape index (κ3) is 1.80. The van der Waals surface area contributed by atoms with Crippen LogP contribution in [0.3, 0.4) is 0 Å². The van der Waals surface area contributed by atoms with Crippen molar-refractivity contribution in [3.05, 3.63) is 24.3 Å². The van der Waals surface area contributed by atoms with Crippen LogP contribution >= 0.6 is 11.3 Å². The summed E-state index contributed by atoms with van der Waals surface area (Å²) in [4.78, 5) is 4.23. The standard InChI is InChI=1S/C8H7NOS.Na.H/c1-10-8-9-6-4-2-3-5-7(6)11-8;;/h2-5H,1H3;;/q;+1;-1. The normalized spacial score (nSPS) is 9.42. The van der Waals surface area contributed by atoms with Gasteiger partial charge in [-0.1, -0.05) is 23.5 Å². The maximum absolute atomic E-state index is 5.01. The molecule has 2 rings (SSSR count). The van der Waals surface area contributed by atoms with Crippen molar-refractivity contribution in [3.63, 3.8) is 0 Å². The Bertz CT molecular complexity index is 346. The van der Waals surface area contributed by atoms with Crippen LogP contribution in [0.2, 0.25) is 0 Å². The van der Waals surface area contributed by atoms with E-state index in [0.29, 0.717) is 0 Å². The van der Waals surface area contributed by atoms with Crippen LogP contribution in [0.15, 0.2) is 24.3 Å². The molecule has 0 unspecified atom stereocenters. The SMILES string of the molecule is COc1nc2ccccc2s1.[H-].[Na+]. The largest absolute Gasteiger partial charge is 1.00 e. The van der Waals surface area contributed by atoms with Crippen LogP contribution in [0.25, 0.3) is 10.2 Å². The van der Waals surface area contributed by atoms with Crippen molar-refractivity contribution in [1.29, 1.82) is 0 Å². The van der Waals surface area contributed by atoms with Crippen molar-refractivity contribution in [1.82, 2.24) is 4.98 Å². The van der Waals surface area contributed by atoms with Crippen molar-refractivity contribution in [3.8, 4) is 5.19 Å². The number of methoxy groups -OCH3 is 1. The van der Waals surface area contributed by atoms with Crippen molar-refractivity contribution < 1.29 is 35.7 Å². The summed E-state index contributed by atoms with van der Waals surface area (Å²) in [7, 11) is 1.64. The Morgan fingerprint density at radius 2 is 2.17 bits per heavy atom. The average molecular weight is 189 g/mol. The van der Waals surface area contributed by atoms with Gasteiger partial charge in [-0.2, -0.15) is 0 Å². The zero-order valence-electron chi connectivity index (χ0n) is 8.07. The van der Waals surface area contributed by atoms with Crippen LogP contribution in [0.4, 0.5) is 0 Å². The summed E-state index contributed by atoms with van der Waals surface area (Å²) in [5, 5.41) is 0.728. The van der Waals surface area contributed by atoms with Crippen LogP contribution in [-0.4, -0.2) is 12.1 Å². The smallest absolute Gasteiger partial charge is 1.00 e. The minimum Gasteiger partial charge on any atom is -1.00 e. The molecule has 0 bridgehead atoms. The second kappa shape index (κ2) is 4.23. The van der Waals surface area contributed by atoms with E-state index in [-0.39, 0.29) is 31.0 Å². The first kappa shape index (κ1) is 9.99. The van der Waals surface area contributed by atoms with E-state index in [9.17, 15) is 0 Å². The molecule has 4 heteroatoms. The van der Waals surface area contributed by atoms with Crippen molar-refractivity contribution in [2.45, 2.75) is 0 Å². The van der Waals surface area contributed by atoms with Gasteiger partial charge in [0, 0.05) is 0 Å². The fourth-order valence-electron chi connectivity index (χ4n) is 0.938. The average Bonchev–Trinajstić information content (AvgIpc) is 2.46. The third-order valence-corrected chi connectivity index (χ3v) is 2.45. The first-order valence-electron chi connectivity index (χ1n) is 3.30. The van der Waals surface area contributed by atoms with Crippen molar-refractivity contribution >= 4 is 21.6 Å². The second-order valence-corrected chi connectivity index (χ2v) is 3.14. The van der Waals surface area contributed by atoms with Gasteiger partial charge >= 0.3 is 29.6 Å². The van der Waals surface area contributed by atoms with Crippen LogP contribution < -0.4 is 34.3 Å². The zero-order chi connectivity index (χ0) is 7.68. The molecule has 0 aliphatic rings. The fourth-order valence-corrected chi connectivity index (χ4v) is 1.72. The Morgan fingerprint density at radius 1 is 1.42 bits per heavy atom. The van der Waals surface area contributed by atoms with Crippen LogP contribution in [0.1, 0.15) is 1.43 Å². The number of thiazole rings is 1. The Morgan fingerprint density at radius 3 is 2.83 bits per heavy atom. The van der Waals surface area contributed by atoms with Gasteiger partial charge in [-0.05, 0) is 12.1 Å². The minimum absolute atomic E-state index is 0. The van der Waals surface area contributed by atoms with Gasteiger partial charge in [-0.15, -0.1) is 0 Å². The molecule has 2 aromatic rings. The summed E-state index contributed by atoms with van der Waals surface area (Å²) in [6.45, 7) is 0. The number of hydrogen-bond acceptors (Lipinski definition) is 3. The maximum Gasteiger partial charge on any atom is 1.00 e. The molecule has 0 saturated carbocycles. The van der Waals surface area contributed by atoms with E-state index in [1.165, 1.54) is 4.70 Å². The minimum atomic E-state index is 0. The number of aromatic nitrogens is 1. The Labute approximate surface area is 98.3 Å². The van der Waals surface area contributed by atoms with Gasteiger partial charge in [0.05, 0.1) is 17.3 Å². The molecule has 0 aliphatic heterocycles. The fraction of sp³-hybridized carbons (Fsp3) is 0.125. The molecule has 2 nitrogen and oxygen atoms in total. The van der Waals surface area contributed by atoms with Crippen LogP contribution in [-0.2, 0) is 0 Å². The molecular formula is C8H8NNaOS. The molecule has 1 heterocycles. The maximum atomic E-state index is 5.01.